The molecular formula is C11H17NO. The van der Waals surface area contributed by atoms with Crippen LogP contribution in [0.25, 0.3) is 0 Å². The van der Waals surface area contributed by atoms with Crippen molar-refractivity contribution in [1.29, 1.82) is 0 Å². The summed E-state index contributed by atoms with van der Waals surface area (Å²) in [7, 11) is 1.69. The maximum absolute atomic E-state index is 5.03. The molecule has 1 heterocycles. The number of hydrogen-bond donors (Lipinski definition) is 0. The lowest BCUT2D eigenvalue weighted by Crippen LogP contribution is -2.11. The maximum Gasteiger partial charge on any atom is 0.0884 e. The minimum absolute atomic E-state index is 0.186. The predicted molar refractivity (Wildman–Crippen MR) is 53.7 cm³/mol. The number of aromatic nitrogens is 1. The number of pyridine rings is 1. The van der Waals surface area contributed by atoms with Gasteiger partial charge in [0.05, 0.1) is 12.3 Å². The van der Waals surface area contributed by atoms with E-state index < -0.39 is 0 Å². The fourth-order valence-electron chi connectivity index (χ4n) is 1.17. The van der Waals surface area contributed by atoms with E-state index in [1.54, 1.807) is 7.11 Å². The Bertz CT molecular complexity index is 276. The van der Waals surface area contributed by atoms with Gasteiger partial charge in [0.15, 0.2) is 0 Å². The third-order valence-corrected chi connectivity index (χ3v) is 1.97. The van der Waals surface area contributed by atoms with Crippen LogP contribution in [0.1, 0.15) is 32.0 Å². The van der Waals surface area contributed by atoms with Crippen LogP contribution in [0.4, 0.5) is 0 Å². The Kier molecular flexibility index (Phi) is 3.04. The van der Waals surface area contributed by atoms with Crippen molar-refractivity contribution in [2.24, 2.45) is 0 Å². The zero-order chi connectivity index (χ0) is 9.90. The molecule has 0 atom stereocenters. The van der Waals surface area contributed by atoms with Crippen molar-refractivity contribution in [3.05, 3.63) is 29.6 Å². The van der Waals surface area contributed by atoms with Gasteiger partial charge in [-0.05, 0) is 23.1 Å². The SMILES string of the molecule is COCc1cc(C(C)(C)C)ccn1. The first-order valence-electron chi connectivity index (χ1n) is 4.48. The molecule has 1 rings (SSSR count). The second-order valence-electron chi connectivity index (χ2n) is 4.22. The van der Waals surface area contributed by atoms with Crippen LogP contribution in [-0.4, -0.2) is 12.1 Å². The van der Waals surface area contributed by atoms with E-state index in [-0.39, 0.29) is 5.41 Å². The first kappa shape index (κ1) is 10.2. The van der Waals surface area contributed by atoms with E-state index in [2.05, 4.69) is 37.9 Å². The standard InChI is InChI=1S/C11H17NO/c1-11(2,3)9-5-6-12-10(7-9)8-13-4/h5-7H,8H2,1-4H3. The zero-order valence-corrected chi connectivity index (χ0v) is 8.79. The van der Waals surface area contributed by atoms with E-state index in [0.717, 1.165) is 5.69 Å². The Morgan fingerprint density at radius 1 is 1.38 bits per heavy atom. The average molecular weight is 179 g/mol. The molecule has 2 heteroatoms. The molecule has 0 fully saturated rings. The van der Waals surface area contributed by atoms with E-state index in [9.17, 15) is 0 Å². The van der Waals surface area contributed by atoms with Crippen LogP contribution in [0.3, 0.4) is 0 Å². The molecule has 72 valence electrons. The van der Waals surface area contributed by atoms with Crippen LogP contribution < -0.4 is 0 Å². The summed E-state index contributed by atoms with van der Waals surface area (Å²) in [6, 6.07) is 4.16. The first-order chi connectivity index (χ1) is 6.04. The smallest absolute Gasteiger partial charge is 0.0884 e. The predicted octanol–water partition coefficient (Wildman–Crippen LogP) is 2.53. The fraction of sp³-hybridized carbons (Fsp3) is 0.545. The number of nitrogens with zero attached hydrogens (tertiary/aromatic N) is 1. The molecular weight excluding hydrogens is 162 g/mol. The molecule has 0 N–H and O–H groups in total. The van der Waals surface area contributed by atoms with Crippen molar-refractivity contribution in [2.75, 3.05) is 7.11 Å². The van der Waals surface area contributed by atoms with Gasteiger partial charge in [-0.25, -0.2) is 0 Å². The van der Waals surface area contributed by atoms with E-state index in [4.69, 9.17) is 4.74 Å². The Labute approximate surface area is 80.0 Å². The number of rotatable bonds is 2. The highest BCUT2D eigenvalue weighted by molar-refractivity contribution is 5.23. The highest BCUT2D eigenvalue weighted by Gasteiger charge is 2.13. The fourth-order valence-corrected chi connectivity index (χ4v) is 1.17. The summed E-state index contributed by atoms with van der Waals surface area (Å²) in [6.45, 7) is 7.17. The van der Waals surface area contributed by atoms with Crippen LogP contribution in [0.15, 0.2) is 18.3 Å². The molecule has 0 radical (unpaired) electrons. The van der Waals surface area contributed by atoms with E-state index in [1.807, 2.05) is 6.20 Å². The monoisotopic (exact) mass is 179 g/mol. The topological polar surface area (TPSA) is 22.1 Å². The summed E-state index contributed by atoms with van der Waals surface area (Å²) in [5.41, 5.74) is 2.48. The van der Waals surface area contributed by atoms with Gasteiger partial charge in [0, 0.05) is 13.3 Å². The molecule has 0 aliphatic rings. The largest absolute Gasteiger partial charge is 0.378 e. The zero-order valence-electron chi connectivity index (χ0n) is 8.79. The van der Waals surface area contributed by atoms with Crippen molar-refractivity contribution in [3.8, 4) is 0 Å². The molecule has 0 saturated carbocycles. The van der Waals surface area contributed by atoms with Crippen LogP contribution in [-0.2, 0) is 16.8 Å². The lowest BCUT2D eigenvalue weighted by atomic mass is 9.87. The Balaban J connectivity index is 2.92. The number of hydrogen-bond acceptors (Lipinski definition) is 2. The molecule has 0 aromatic carbocycles. The average Bonchev–Trinajstić information content (AvgIpc) is 2.04. The molecule has 0 aliphatic carbocycles. The molecule has 0 saturated heterocycles. The van der Waals surface area contributed by atoms with Gasteiger partial charge in [0.2, 0.25) is 0 Å². The van der Waals surface area contributed by atoms with Gasteiger partial charge in [-0.1, -0.05) is 20.8 Å². The van der Waals surface area contributed by atoms with E-state index >= 15 is 0 Å². The molecule has 0 amide bonds. The molecule has 0 unspecified atom stereocenters. The van der Waals surface area contributed by atoms with Gasteiger partial charge in [-0.3, -0.25) is 4.98 Å². The molecule has 13 heavy (non-hydrogen) atoms. The summed E-state index contributed by atoms with van der Waals surface area (Å²) >= 11 is 0. The minimum atomic E-state index is 0.186. The van der Waals surface area contributed by atoms with E-state index in [1.165, 1.54) is 5.56 Å². The Hall–Kier alpha value is -0.890. The first-order valence-corrected chi connectivity index (χ1v) is 4.48. The van der Waals surface area contributed by atoms with Crippen LogP contribution in [0.2, 0.25) is 0 Å². The second-order valence-corrected chi connectivity index (χ2v) is 4.22. The maximum atomic E-state index is 5.03. The third kappa shape index (κ3) is 2.81. The Morgan fingerprint density at radius 2 is 2.08 bits per heavy atom. The van der Waals surface area contributed by atoms with Gasteiger partial charge in [0.25, 0.3) is 0 Å². The van der Waals surface area contributed by atoms with Crippen molar-refractivity contribution in [1.82, 2.24) is 4.98 Å². The summed E-state index contributed by atoms with van der Waals surface area (Å²) in [5.74, 6) is 0. The van der Waals surface area contributed by atoms with Crippen molar-refractivity contribution < 1.29 is 4.74 Å². The lowest BCUT2D eigenvalue weighted by molar-refractivity contribution is 0.181. The number of ether oxygens (including phenoxy) is 1. The summed E-state index contributed by atoms with van der Waals surface area (Å²) < 4.78 is 5.03. The summed E-state index contributed by atoms with van der Waals surface area (Å²) in [6.07, 6.45) is 1.84. The number of methoxy groups -OCH3 is 1. The molecule has 0 bridgehead atoms. The van der Waals surface area contributed by atoms with Crippen molar-refractivity contribution >= 4 is 0 Å². The second kappa shape index (κ2) is 3.88. The highest BCUT2D eigenvalue weighted by Crippen LogP contribution is 2.21. The van der Waals surface area contributed by atoms with Crippen LogP contribution in [0, 0.1) is 0 Å². The van der Waals surface area contributed by atoms with Gasteiger partial charge >= 0.3 is 0 Å². The van der Waals surface area contributed by atoms with Gasteiger partial charge < -0.3 is 4.74 Å². The third-order valence-electron chi connectivity index (χ3n) is 1.97. The molecule has 0 spiro atoms. The Morgan fingerprint density at radius 3 is 2.62 bits per heavy atom. The van der Waals surface area contributed by atoms with Gasteiger partial charge in [-0.2, -0.15) is 0 Å². The van der Waals surface area contributed by atoms with Crippen molar-refractivity contribution in [3.63, 3.8) is 0 Å². The van der Waals surface area contributed by atoms with Crippen LogP contribution in [0.5, 0.6) is 0 Å². The van der Waals surface area contributed by atoms with Crippen LogP contribution >= 0.6 is 0 Å². The quantitative estimate of drug-likeness (QED) is 0.696. The highest BCUT2D eigenvalue weighted by atomic mass is 16.5. The summed E-state index contributed by atoms with van der Waals surface area (Å²) in [4.78, 5) is 4.22. The van der Waals surface area contributed by atoms with E-state index in [0.29, 0.717) is 6.61 Å². The molecule has 2 nitrogen and oxygen atoms in total. The van der Waals surface area contributed by atoms with Gasteiger partial charge in [-0.15, -0.1) is 0 Å². The van der Waals surface area contributed by atoms with Crippen molar-refractivity contribution in [2.45, 2.75) is 32.8 Å². The lowest BCUT2D eigenvalue weighted by Gasteiger charge is -2.19. The molecule has 0 aliphatic heterocycles. The normalized spacial score (nSPS) is 11.7. The molecule has 1 aromatic rings. The minimum Gasteiger partial charge on any atom is -0.378 e. The summed E-state index contributed by atoms with van der Waals surface area (Å²) in [5, 5.41) is 0. The van der Waals surface area contributed by atoms with Gasteiger partial charge in [0.1, 0.15) is 0 Å². The molecule has 1 aromatic heterocycles.